The number of nitrogens with one attached hydrogen (secondary N) is 1. The summed E-state index contributed by atoms with van der Waals surface area (Å²) in [6, 6.07) is 4.92. The van der Waals surface area contributed by atoms with Gasteiger partial charge in [0.25, 0.3) is 5.91 Å². The maximum atomic E-state index is 11.9. The van der Waals surface area contributed by atoms with E-state index in [0.717, 1.165) is 4.47 Å². The number of rotatable bonds is 2. The van der Waals surface area contributed by atoms with Crippen molar-refractivity contribution in [2.24, 2.45) is 5.41 Å². The lowest BCUT2D eigenvalue weighted by Crippen LogP contribution is -2.33. The van der Waals surface area contributed by atoms with E-state index in [4.69, 9.17) is 9.57 Å². The Labute approximate surface area is 120 Å². The third kappa shape index (κ3) is 4.24. The predicted molar refractivity (Wildman–Crippen MR) is 73.7 cm³/mol. The number of amides is 1. The van der Waals surface area contributed by atoms with Gasteiger partial charge in [-0.3, -0.25) is 4.79 Å². The van der Waals surface area contributed by atoms with Crippen LogP contribution in [-0.2, 0) is 9.63 Å². The first-order valence-corrected chi connectivity index (χ1v) is 6.40. The zero-order chi connectivity index (χ0) is 14.6. The summed E-state index contributed by atoms with van der Waals surface area (Å²) in [6.07, 6.45) is 0. The lowest BCUT2D eigenvalue weighted by molar-refractivity contribution is -0.158. The van der Waals surface area contributed by atoms with E-state index in [-0.39, 0.29) is 5.56 Å². The molecule has 0 saturated heterocycles. The highest BCUT2D eigenvalue weighted by atomic mass is 79.9. The Kier molecular flexibility index (Phi) is 4.94. The molecule has 1 aromatic rings. The lowest BCUT2D eigenvalue weighted by atomic mass is 9.98. The molecular weight excluding hydrogens is 314 g/mol. The molecule has 1 N–H and O–H groups in total. The van der Waals surface area contributed by atoms with E-state index in [1.54, 1.807) is 39.0 Å². The second-order valence-corrected chi connectivity index (χ2v) is 5.83. The lowest BCUT2D eigenvalue weighted by Gasteiger charge is -2.16. The van der Waals surface area contributed by atoms with Crippen LogP contribution in [0.5, 0.6) is 5.75 Å². The molecule has 6 heteroatoms. The summed E-state index contributed by atoms with van der Waals surface area (Å²) in [7, 11) is 1.46. The number of hydroxylamine groups is 1. The third-order valence-corrected chi connectivity index (χ3v) is 2.75. The molecule has 0 spiro atoms. The summed E-state index contributed by atoms with van der Waals surface area (Å²) < 4.78 is 5.87. The highest BCUT2D eigenvalue weighted by Crippen LogP contribution is 2.23. The molecule has 1 amide bonds. The largest absolute Gasteiger partial charge is 0.496 e. The highest BCUT2D eigenvalue weighted by Gasteiger charge is 2.25. The van der Waals surface area contributed by atoms with Crippen LogP contribution in [0.3, 0.4) is 0 Å². The molecule has 0 radical (unpaired) electrons. The molecule has 0 saturated carbocycles. The number of hydrogen-bond acceptors (Lipinski definition) is 4. The van der Waals surface area contributed by atoms with E-state index in [9.17, 15) is 9.59 Å². The van der Waals surface area contributed by atoms with Crippen LogP contribution in [0.1, 0.15) is 31.1 Å². The van der Waals surface area contributed by atoms with E-state index in [1.807, 2.05) is 0 Å². The first-order chi connectivity index (χ1) is 8.75. The molecule has 5 nitrogen and oxygen atoms in total. The maximum Gasteiger partial charge on any atom is 0.337 e. The third-order valence-electron chi connectivity index (χ3n) is 2.26. The van der Waals surface area contributed by atoms with Crippen molar-refractivity contribution in [1.82, 2.24) is 5.48 Å². The average molecular weight is 330 g/mol. The first-order valence-electron chi connectivity index (χ1n) is 5.61. The predicted octanol–water partition coefficient (Wildman–Crippen LogP) is 2.69. The minimum absolute atomic E-state index is 0.285. The van der Waals surface area contributed by atoms with Gasteiger partial charge in [0.15, 0.2) is 0 Å². The Hall–Kier alpha value is -1.56. The van der Waals surface area contributed by atoms with Crippen molar-refractivity contribution in [1.29, 1.82) is 0 Å². The zero-order valence-corrected chi connectivity index (χ0v) is 12.8. The highest BCUT2D eigenvalue weighted by molar-refractivity contribution is 9.10. The summed E-state index contributed by atoms with van der Waals surface area (Å²) in [5, 5.41) is 0. The van der Waals surface area contributed by atoms with Crippen molar-refractivity contribution in [2.75, 3.05) is 7.11 Å². The van der Waals surface area contributed by atoms with E-state index in [0.29, 0.717) is 5.75 Å². The fraction of sp³-hybridized carbons (Fsp3) is 0.385. The molecule has 19 heavy (non-hydrogen) atoms. The van der Waals surface area contributed by atoms with Gasteiger partial charge in [-0.1, -0.05) is 15.9 Å². The van der Waals surface area contributed by atoms with E-state index < -0.39 is 17.3 Å². The van der Waals surface area contributed by atoms with Gasteiger partial charge in [-0.25, -0.2) is 4.79 Å². The topological polar surface area (TPSA) is 64.6 Å². The van der Waals surface area contributed by atoms with E-state index in [2.05, 4.69) is 21.4 Å². The second kappa shape index (κ2) is 6.06. The molecule has 1 rings (SSSR count). The smallest absolute Gasteiger partial charge is 0.337 e. The molecule has 0 fully saturated rings. The molecule has 1 aromatic carbocycles. The van der Waals surface area contributed by atoms with Gasteiger partial charge < -0.3 is 9.57 Å². The van der Waals surface area contributed by atoms with E-state index in [1.165, 1.54) is 7.11 Å². The van der Waals surface area contributed by atoms with Gasteiger partial charge in [-0.05, 0) is 39.0 Å². The van der Waals surface area contributed by atoms with Crippen molar-refractivity contribution in [2.45, 2.75) is 20.8 Å². The van der Waals surface area contributed by atoms with Crippen LogP contribution in [0, 0.1) is 5.41 Å². The normalized spacial score (nSPS) is 10.8. The molecule has 0 aliphatic heterocycles. The average Bonchev–Trinajstić information content (AvgIpc) is 2.33. The van der Waals surface area contributed by atoms with Crippen molar-refractivity contribution < 1.29 is 19.2 Å². The fourth-order valence-electron chi connectivity index (χ4n) is 1.15. The molecule has 0 aliphatic rings. The first kappa shape index (κ1) is 15.5. The Balaban J connectivity index is 2.77. The molecule has 0 aromatic heterocycles. The Morgan fingerprint density at radius 3 is 2.42 bits per heavy atom. The SMILES string of the molecule is COc1cc(Br)ccc1C(=O)NOC(=O)C(C)(C)C. The summed E-state index contributed by atoms with van der Waals surface area (Å²) in [5.41, 5.74) is 1.72. The number of ether oxygens (including phenoxy) is 1. The number of carbonyl (C=O) groups is 2. The quantitative estimate of drug-likeness (QED) is 0.847. The summed E-state index contributed by atoms with van der Waals surface area (Å²) in [5.74, 6) is -0.669. The standard InChI is InChI=1S/C13H16BrNO4/c1-13(2,3)12(17)19-15-11(16)9-6-5-8(14)7-10(9)18-4/h5-7H,1-4H3,(H,15,16). The maximum absolute atomic E-state index is 11.9. The number of benzene rings is 1. The number of halogens is 1. The van der Waals surface area contributed by atoms with Crippen LogP contribution >= 0.6 is 15.9 Å². The van der Waals surface area contributed by atoms with Crippen LogP contribution in [0.15, 0.2) is 22.7 Å². The summed E-state index contributed by atoms with van der Waals surface area (Å²) in [4.78, 5) is 28.2. The number of hydrogen-bond donors (Lipinski definition) is 1. The minimum atomic E-state index is -0.683. The van der Waals surface area contributed by atoms with Gasteiger partial charge >= 0.3 is 5.97 Å². The molecule has 0 atom stereocenters. The Bertz CT molecular complexity index is 494. The van der Waals surface area contributed by atoms with Crippen LogP contribution in [0.25, 0.3) is 0 Å². The molecule has 0 aliphatic carbocycles. The molecule has 0 bridgehead atoms. The molecular formula is C13H16BrNO4. The van der Waals surface area contributed by atoms with Gasteiger partial charge in [0, 0.05) is 4.47 Å². The van der Waals surface area contributed by atoms with Gasteiger partial charge in [0.05, 0.1) is 18.1 Å². The zero-order valence-electron chi connectivity index (χ0n) is 11.2. The van der Waals surface area contributed by atoms with Gasteiger partial charge in [-0.2, -0.15) is 5.48 Å². The Morgan fingerprint density at radius 2 is 1.89 bits per heavy atom. The van der Waals surface area contributed by atoms with Gasteiger partial charge in [0.2, 0.25) is 0 Å². The van der Waals surface area contributed by atoms with Crippen molar-refractivity contribution in [3.8, 4) is 5.75 Å². The van der Waals surface area contributed by atoms with Crippen molar-refractivity contribution in [3.63, 3.8) is 0 Å². The van der Waals surface area contributed by atoms with Gasteiger partial charge in [0.1, 0.15) is 5.75 Å². The second-order valence-electron chi connectivity index (χ2n) is 4.92. The monoisotopic (exact) mass is 329 g/mol. The molecule has 104 valence electrons. The van der Waals surface area contributed by atoms with Crippen molar-refractivity contribution in [3.05, 3.63) is 28.2 Å². The molecule has 0 heterocycles. The van der Waals surface area contributed by atoms with Crippen LogP contribution in [0.2, 0.25) is 0 Å². The van der Waals surface area contributed by atoms with Crippen molar-refractivity contribution >= 4 is 27.8 Å². The van der Waals surface area contributed by atoms with Crippen LogP contribution < -0.4 is 10.2 Å². The molecule has 0 unspecified atom stereocenters. The van der Waals surface area contributed by atoms with E-state index >= 15 is 0 Å². The number of carbonyl (C=O) groups excluding carboxylic acids is 2. The fourth-order valence-corrected chi connectivity index (χ4v) is 1.49. The summed E-state index contributed by atoms with van der Waals surface area (Å²) >= 11 is 3.28. The van der Waals surface area contributed by atoms with Crippen LogP contribution in [0.4, 0.5) is 0 Å². The number of methoxy groups -OCH3 is 1. The minimum Gasteiger partial charge on any atom is -0.496 e. The van der Waals surface area contributed by atoms with Gasteiger partial charge in [-0.15, -0.1) is 0 Å². The summed E-state index contributed by atoms with van der Waals surface area (Å²) in [6.45, 7) is 5.09. The van der Waals surface area contributed by atoms with Crippen LogP contribution in [-0.4, -0.2) is 19.0 Å². The Morgan fingerprint density at radius 1 is 1.26 bits per heavy atom.